The van der Waals surface area contributed by atoms with Crippen LogP contribution in [0.3, 0.4) is 0 Å². The fourth-order valence-corrected chi connectivity index (χ4v) is 5.17. The van der Waals surface area contributed by atoms with Gasteiger partial charge in [0.15, 0.2) is 0 Å². The van der Waals surface area contributed by atoms with Crippen LogP contribution in [0.15, 0.2) is 0 Å². The highest BCUT2D eigenvalue weighted by Gasteiger charge is 2.43. The van der Waals surface area contributed by atoms with Gasteiger partial charge in [-0.1, -0.05) is 6.42 Å². The largest absolute Gasteiger partial charge is 0.375 e. The van der Waals surface area contributed by atoms with E-state index >= 15 is 0 Å². The molecular weight excluding hydrogens is 248 g/mol. The molecule has 0 radical (unpaired) electrons. The van der Waals surface area contributed by atoms with E-state index in [1.165, 1.54) is 64.2 Å². The number of hydrogen-bond acceptors (Lipinski definition) is 3. The summed E-state index contributed by atoms with van der Waals surface area (Å²) in [5, 5.41) is 4.02. The van der Waals surface area contributed by atoms with E-state index in [2.05, 4.69) is 17.3 Å². The predicted octanol–water partition coefficient (Wildman–Crippen LogP) is 2.69. The average Bonchev–Trinajstić information content (AvgIpc) is 2.39. The van der Waals surface area contributed by atoms with Crippen LogP contribution in [0.2, 0.25) is 0 Å². The molecule has 4 fully saturated rings. The summed E-state index contributed by atoms with van der Waals surface area (Å²) in [7, 11) is 2.35. The van der Waals surface area contributed by atoms with E-state index in [9.17, 15) is 0 Å². The van der Waals surface area contributed by atoms with Crippen LogP contribution in [0.1, 0.15) is 64.2 Å². The minimum Gasteiger partial charge on any atom is -0.375 e. The smallest absolute Gasteiger partial charge is 0.0697 e. The average molecular weight is 278 g/mol. The van der Waals surface area contributed by atoms with Crippen LogP contribution in [-0.2, 0) is 4.74 Å². The maximum Gasteiger partial charge on any atom is 0.0697 e. The van der Waals surface area contributed by atoms with Crippen molar-refractivity contribution in [1.29, 1.82) is 0 Å². The van der Waals surface area contributed by atoms with Crippen LogP contribution in [0.4, 0.5) is 0 Å². The first-order valence-electron chi connectivity index (χ1n) is 8.86. The van der Waals surface area contributed by atoms with E-state index in [1.807, 2.05) is 0 Å². The predicted molar refractivity (Wildman–Crippen MR) is 80.9 cm³/mol. The van der Waals surface area contributed by atoms with Gasteiger partial charge in [0.2, 0.25) is 0 Å². The van der Waals surface area contributed by atoms with E-state index in [0.29, 0.717) is 0 Å². The second-order valence-electron chi connectivity index (χ2n) is 7.81. The molecule has 3 heterocycles. The van der Waals surface area contributed by atoms with Crippen molar-refractivity contribution in [3.05, 3.63) is 0 Å². The Kier molecular flexibility index (Phi) is 3.56. The van der Waals surface area contributed by atoms with E-state index in [4.69, 9.17) is 4.74 Å². The minimum absolute atomic E-state index is 0.289. The Balaban J connectivity index is 1.35. The summed E-state index contributed by atoms with van der Waals surface area (Å²) in [6, 6.07) is 3.18. The van der Waals surface area contributed by atoms with Crippen molar-refractivity contribution in [1.82, 2.24) is 10.2 Å². The SMILES string of the molecule is CN1C2CCCC1CC(NC1CCOC3(CCC3)C1)C2. The number of ether oxygens (including phenoxy) is 1. The van der Waals surface area contributed by atoms with Gasteiger partial charge in [0, 0.05) is 30.8 Å². The molecule has 0 aromatic heterocycles. The molecule has 2 bridgehead atoms. The molecule has 3 unspecified atom stereocenters. The first kappa shape index (κ1) is 13.5. The Morgan fingerprint density at radius 1 is 1.00 bits per heavy atom. The maximum absolute atomic E-state index is 6.06. The molecule has 114 valence electrons. The summed E-state index contributed by atoms with van der Waals surface area (Å²) in [6.07, 6.45) is 13.5. The quantitative estimate of drug-likeness (QED) is 0.840. The highest BCUT2D eigenvalue weighted by molar-refractivity contribution is 4.99. The Labute approximate surface area is 123 Å². The Bertz CT molecular complexity index is 341. The summed E-state index contributed by atoms with van der Waals surface area (Å²) in [5.41, 5.74) is 0.289. The van der Waals surface area contributed by atoms with E-state index < -0.39 is 0 Å². The molecule has 1 aliphatic carbocycles. The summed E-state index contributed by atoms with van der Waals surface area (Å²) >= 11 is 0. The molecule has 3 aliphatic heterocycles. The van der Waals surface area contributed by atoms with Crippen LogP contribution < -0.4 is 5.32 Å². The van der Waals surface area contributed by atoms with Gasteiger partial charge >= 0.3 is 0 Å². The van der Waals surface area contributed by atoms with Gasteiger partial charge in [0.05, 0.1) is 5.60 Å². The molecule has 1 saturated carbocycles. The van der Waals surface area contributed by atoms with Gasteiger partial charge in [0.25, 0.3) is 0 Å². The maximum atomic E-state index is 6.06. The molecule has 3 saturated heterocycles. The Morgan fingerprint density at radius 3 is 2.40 bits per heavy atom. The summed E-state index contributed by atoms with van der Waals surface area (Å²) in [6.45, 7) is 0.983. The minimum atomic E-state index is 0.289. The van der Waals surface area contributed by atoms with E-state index in [0.717, 1.165) is 30.8 Å². The number of rotatable bonds is 2. The summed E-state index contributed by atoms with van der Waals surface area (Å²) in [4.78, 5) is 2.67. The summed E-state index contributed by atoms with van der Waals surface area (Å²) < 4.78 is 6.06. The van der Waals surface area contributed by atoms with Crippen LogP contribution in [0.5, 0.6) is 0 Å². The van der Waals surface area contributed by atoms with Crippen molar-refractivity contribution in [2.24, 2.45) is 0 Å². The lowest BCUT2D eigenvalue weighted by Gasteiger charge is -2.50. The topological polar surface area (TPSA) is 24.5 Å². The normalized spacial score (nSPS) is 44.2. The number of nitrogens with one attached hydrogen (secondary N) is 1. The molecule has 1 spiro atoms. The first-order valence-corrected chi connectivity index (χ1v) is 8.86. The fraction of sp³-hybridized carbons (Fsp3) is 1.00. The first-order chi connectivity index (χ1) is 9.74. The Hall–Kier alpha value is -0.120. The third-order valence-corrected chi connectivity index (χ3v) is 6.57. The van der Waals surface area contributed by atoms with Gasteiger partial charge in [-0.25, -0.2) is 0 Å². The second kappa shape index (κ2) is 5.26. The lowest BCUT2D eigenvalue weighted by molar-refractivity contribution is -0.137. The molecule has 0 amide bonds. The van der Waals surface area contributed by atoms with Crippen molar-refractivity contribution in [2.75, 3.05) is 13.7 Å². The highest BCUT2D eigenvalue weighted by Crippen LogP contribution is 2.42. The van der Waals surface area contributed by atoms with Crippen molar-refractivity contribution in [2.45, 2.75) is 94.0 Å². The van der Waals surface area contributed by atoms with Gasteiger partial charge < -0.3 is 15.0 Å². The van der Waals surface area contributed by atoms with Gasteiger partial charge in [-0.2, -0.15) is 0 Å². The molecule has 0 aromatic carbocycles. The van der Waals surface area contributed by atoms with E-state index in [1.54, 1.807) is 0 Å². The van der Waals surface area contributed by atoms with Crippen molar-refractivity contribution in [3.63, 3.8) is 0 Å². The molecule has 3 atom stereocenters. The van der Waals surface area contributed by atoms with Crippen molar-refractivity contribution < 1.29 is 4.74 Å². The number of piperidine rings is 2. The van der Waals surface area contributed by atoms with Gasteiger partial charge in [0.1, 0.15) is 0 Å². The molecule has 3 nitrogen and oxygen atoms in total. The third-order valence-electron chi connectivity index (χ3n) is 6.57. The van der Waals surface area contributed by atoms with E-state index in [-0.39, 0.29) is 5.60 Å². The zero-order chi connectivity index (χ0) is 13.6. The zero-order valence-electron chi connectivity index (χ0n) is 12.9. The zero-order valence-corrected chi connectivity index (χ0v) is 12.9. The highest BCUT2D eigenvalue weighted by atomic mass is 16.5. The molecule has 1 N–H and O–H groups in total. The fourth-order valence-electron chi connectivity index (χ4n) is 5.17. The van der Waals surface area contributed by atoms with Crippen LogP contribution >= 0.6 is 0 Å². The third kappa shape index (κ3) is 2.42. The van der Waals surface area contributed by atoms with Gasteiger partial charge in [-0.15, -0.1) is 0 Å². The molecular formula is C17H30N2O. The Morgan fingerprint density at radius 2 is 1.75 bits per heavy atom. The van der Waals surface area contributed by atoms with Crippen LogP contribution in [0.25, 0.3) is 0 Å². The van der Waals surface area contributed by atoms with Gasteiger partial charge in [-0.05, 0) is 64.8 Å². The molecule has 20 heavy (non-hydrogen) atoms. The lowest BCUT2D eigenvalue weighted by atomic mass is 9.73. The molecule has 3 heteroatoms. The van der Waals surface area contributed by atoms with Gasteiger partial charge in [-0.3, -0.25) is 0 Å². The second-order valence-corrected chi connectivity index (χ2v) is 7.81. The van der Waals surface area contributed by atoms with Crippen molar-refractivity contribution in [3.8, 4) is 0 Å². The lowest BCUT2D eigenvalue weighted by Crippen LogP contribution is -2.58. The molecule has 4 aliphatic rings. The van der Waals surface area contributed by atoms with Crippen LogP contribution in [-0.4, -0.2) is 48.3 Å². The summed E-state index contributed by atoms with van der Waals surface area (Å²) in [5.74, 6) is 0. The monoisotopic (exact) mass is 278 g/mol. The number of nitrogens with zero attached hydrogens (tertiary/aromatic N) is 1. The molecule has 0 aromatic rings. The number of fused-ring (bicyclic) bond motifs is 2. The number of hydrogen-bond donors (Lipinski definition) is 1. The molecule has 4 rings (SSSR count). The standard InChI is InChI=1S/C17H30N2O/c1-19-15-4-2-5-16(19)11-14(10-15)18-13-6-9-20-17(12-13)7-3-8-17/h13-16,18H,2-12H2,1H3. The van der Waals surface area contributed by atoms with Crippen LogP contribution in [0, 0.1) is 0 Å². The van der Waals surface area contributed by atoms with Crippen molar-refractivity contribution >= 4 is 0 Å².